The molecule has 6 nitrogen and oxygen atoms in total. The molecule has 0 spiro atoms. The number of nitrogens with zero attached hydrogens (tertiary/aromatic N) is 5. The van der Waals surface area contributed by atoms with E-state index in [1.807, 2.05) is 11.3 Å². The zero-order valence-corrected chi connectivity index (χ0v) is 17.0. The van der Waals surface area contributed by atoms with Gasteiger partial charge in [0.25, 0.3) is 0 Å². The molecule has 4 heterocycles. The lowest BCUT2D eigenvalue weighted by atomic mass is 9.89. The summed E-state index contributed by atoms with van der Waals surface area (Å²) in [5.74, 6) is 4.27. The van der Waals surface area contributed by atoms with Gasteiger partial charge in [0.2, 0.25) is 0 Å². The molecule has 7 heteroatoms. The van der Waals surface area contributed by atoms with Crippen molar-refractivity contribution in [3.05, 3.63) is 28.4 Å². The van der Waals surface area contributed by atoms with Crippen LogP contribution in [-0.2, 0) is 25.8 Å². The summed E-state index contributed by atoms with van der Waals surface area (Å²) in [6.07, 6.45) is 7.44. The Labute approximate surface area is 163 Å². The van der Waals surface area contributed by atoms with E-state index in [1.54, 1.807) is 6.33 Å². The van der Waals surface area contributed by atoms with Crippen LogP contribution in [-0.4, -0.2) is 24.7 Å². The van der Waals surface area contributed by atoms with Gasteiger partial charge in [0.15, 0.2) is 5.82 Å². The Bertz CT molecular complexity index is 988. The van der Waals surface area contributed by atoms with Gasteiger partial charge in [-0.25, -0.2) is 9.97 Å². The number of anilines is 1. The second-order valence-corrected chi connectivity index (χ2v) is 9.43. The molecule has 0 aromatic carbocycles. The van der Waals surface area contributed by atoms with Crippen LogP contribution >= 0.6 is 11.3 Å². The van der Waals surface area contributed by atoms with Crippen molar-refractivity contribution < 1.29 is 0 Å². The summed E-state index contributed by atoms with van der Waals surface area (Å²) in [6.45, 7) is 7.83. The lowest BCUT2D eigenvalue weighted by Gasteiger charge is -2.23. The van der Waals surface area contributed by atoms with E-state index >= 15 is 0 Å². The van der Waals surface area contributed by atoms with Crippen LogP contribution in [0, 0.1) is 11.8 Å². The second kappa shape index (κ2) is 6.55. The summed E-state index contributed by atoms with van der Waals surface area (Å²) >= 11 is 1.85. The van der Waals surface area contributed by atoms with Crippen LogP contribution in [0.5, 0.6) is 0 Å². The van der Waals surface area contributed by atoms with Gasteiger partial charge in [-0.05, 0) is 43.1 Å². The van der Waals surface area contributed by atoms with Crippen molar-refractivity contribution in [2.75, 3.05) is 5.32 Å². The molecule has 3 aromatic rings. The van der Waals surface area contributed by atoms with Crippen LogP contribution in [0.4, 0.5) is 5.82 Å². The van der Waals surface area contributed by atoms with Crippen LogP contribution in [0.2, 0.25) is 0 Å². The van der Waals surface area contributed by atoms with Crippen molar-refractivity contribution in [1.29, 1.82) is 0 Å². The third-order valence-electron chi connectivity index (χ3n) is 5.97. The molecule has 142 valence electrons. The highest BCUT2D eigenvalue weighted by atomic mass is 32.1. The van der Waals surface area contributed by atoms with Crippen molar-refractivity contribution in [3.8, 4) is 0 Å². The van der Waals surface area contributed by atoms with E-state index in [9.17, 15) is 0 Å². The topological polar surface area (TPSA) is 68.5 Å². The maximum atomic E-state index is 4.66. The molecule has 1 aliphatic carbocycles. The van der Waals surface area contributed by atoms with Crippen molar-refractivity contribution in [1.82, 2.24) is 24.7 Å². The molecule has 0 bridgehead atoms. The minimum absolute atomic E-state index is 0.0977. The van der Waals surface area contributed by atoms with Crippen LogP contribution in [0.1, 0.15) is 61.7 Å². The van der Waals surface area contributed by atoms with E-state index < -0.39 is 0 Å². The highest BCUT2D eigenvalue weighted by molar-refractivity contribution is 7.19. The molecule has 0 fully saturated rings. The zero-order chi connectivity index (χ0) is 18.5. The van der Waals surface area contributed by atoms with Gasteiger partial charge in [-0.2, -0.15) is 0 Å². The molecule has 0 saturated heterocycles. The average Bonchev–Trinajstić information content (AvgIpc) is 3.33. The summed E-state index contributed by atoms with van der Waals surface area (Å²) in [5, 5.41) is 13.9. The lowest BCUT2D eigenvalue weighted by Crippen LogP contribution is -2.22. The Balaban J connectivity index is 1.56. The molecule has 0 radical (unpaired) electrons. The van der Waals surface area contributed by atoms with Gasteiger partial charge in [-0.1, -0.05) is 20.8 Å². The van der Waals surface area contributed by atoms with Gasteiger partial charge < -0.3 is 9.88 Å². The predicted molar refractivity (Wildman–Crippen MR) is 108 cm³/mol. The fraction of sp³-hybridized carbons (Fsp3) is 0.600. The monoisotopic (exact) mass is 382 g/mol. The zero-order valence-electron chi connectivity index (χ0n) is 16.2. The van der Waals surface area contributed by atoms with Gasteiger partial charge in [0.1, 0.15) is 22.8 Å². The van der Waals surface area contributed by atoms with Crippen molar-refractivity contribution >= 4 is 27.4 Å². The Kier molecular flexibility index (Phi) is 4.15. The first-order valence-electron chi connectivity index (χ1n) is 10.1. The van der Waals surface area contributed by atoms with E-state index in [-0.39, 0.29) is 6.04 Å². The summed E-state index contributed by atoms with van der Waals surface area (Å²) in [4.78, 5) is 11.8. The van der Waals surface area contributed by atoms with Gasteiger partial charge in [0.05, 0.1) is 11.4 Å². The predicted octanol–water partition coefficient (Wildman–Crippen LogP) is 4.16. The largest absolute Gasteiger partial charge is 0.359 e. The Morgan fingerprint density at radius 1 is 1.22 bits per heavy atom. The van der Waals surface area contributed by atoms with Crippen LogP contribution in [0.15, 0.2) is 6.33 Å². The number of thiophene rings is 1. The van der Waals surface area contributed by atoms with E-state index in [1.165, 1.54) is 28.7 Å². The lowest BCUT2D eigenvalue weighted by molar-refractivity contribution is 0.495. The Hall–Kier alpha value is -2.02. The normalized spacial score (nSPS) is 20.1. The average molecular weight is 383 g/mol. The number of nitrogens with one attached hydrogen (secondary N) is 1. The third kappa shape index (κ3) is 2.83. The first-order valence-corrected chi connectivity index (χ1v) is 10.9. The first kappa shape index (κ1) is 17.1. The minimum atomic E-state index is 0.0977. The summed E-state index contributed by atoms with van der Waals surface area (Å²) in [7, 11) is 0. The smallest absolute Gasteiger partial charge is 0.155 e. The molecular formula is C20H26N6S. The maximum absolute atomic E-state index is 4.66. The highest BCUT2D eigenvalue weighted by Crippen LogP contribution is 2.40. The van der Waals surface area contributed by atoms with Crippen LogP contribution < -0.4 is 5.32 Å². The van der Waals surface area contributed by atoms with Crippen molar-refractivity contribution in [2.24, 2.45) is 11.8 Å². The number of hydrogen-bond donors (Lipinski definition) is 1. The van der Waals surface area contributed by atoms with Gasteiger partial charge >= 0.3 is 0 Å². The molecule has 5 rings (SSSR count). The number of rotatable bonds is 4. The molecule has 1 N–H and O–H groups in total. The molecule has 0 unspecified atom stereocenters. The van der Waals surface area contributed by atoms with Crippen LogP contribution in [0.25, 0.3) is 10.2 Å². The quantitative estimate of drug-likeness (QED) is 0.734. The van der Waals surface area contributed by atoms with Crippen molar-refractivity contribution in [3.63, 3.8) is 0 Å². The van der Waals surface area contributed by atoms with E-state index in [0.717, 1.165) is 54.0 Å². The van der Waals surface area contributed by atoms with Gasteiger partial charge in [-0.15, -0.1) is 21.5 Å². The summed E-state index contributed by atoms with van der Waals surface area (Å²) in [5.41, 5.74) is 1.46. The van der Waals surface area contributed by atoms with Crippen LogP contribution in [0.3, 0.4) is 0 Å². The van der Waals surface area contributed by atoms with E-state index in [2.05, 4.69) is 50.8 Å². The summed E-state index contributed by atoms with van der Waals surface area (Å²) < 4.78 is 2.29. The minimum Gasteiger partial charge on any atom is -0.359 e. The standard InChI is InChI=1S/C20H26N6S/c1-11(2)17(19-25-24-15-5-4-8-26(15)19)23-18-16-13-7-6-12(3)9-14(13)27-20(16)22-10-21-18/h10-12,17H,4-9H2,1-3H3,(H,21,22,23)/t12-,17+/m1/s1. The molecular weight excluding hydrogens is 356 g/mol. The summed E-state index contributed by atoms with van der Waals surface area (Å²) in [6, 6.07) is 0.0977. The second-order valence-electron chi connectivity index (χ2n) is 8.35. The van der Waals surface area contributed by atoms with Gasteiger partial charge in [0, 0.05) is 17.8 Å². The highest BCUT2D eigenvalue weighted by Gasteiger charge is 2.29. The van der Waals surface area contributed by atoms with E-state index in [4.69, 9.17) is 0 Å². The molecule has 3 aromatic heterocycles. The SMILES string of the molecule is CC(C)[C@H](Nc1ncnc2sc3c(c12)CC[C@@H](C)C3)c1nnc2n1CCC2. The fourth-order valence-corrected chi connectivity index (χ4v) is 5.81. The molecule has 2 aliphatic rings. The number of fused-ring (bicyclic) bond motifs is 4. The Morgan fingerprint density at radius 3 is 2.96 bits per heavy atom. The van der Waals surface area contributed by atoms with Crippen molar-refractivity contribution in [2.45, 2.75) is 65.5 Å². The molecule has 0 saturated carbocycles. The maximum Gasteiger partial charge on any atom is 0.155 e. The molecule has 0 amide bonds. The number of aryl methyl sites for hydroxylation is 2. The molecule has 2 atom stereocenters. The number of aromatic nitrogens is 5. The molecule has 1 aliphatic heterocycles. The van der Waals surface area contributed by atoms with E-state index in [0.29, 0.717) is 5.92 Å². The third-order valence-corrected chi connectivity index (χ3v) is 7.13. The first-order chi connectivity index (χ1) is 13.1. The van der Waals surface area contributed by atoms with Gasteiger partial charge in [-0.3, -0.25) is 0 Å². The molecule has 27 heavy (non-hydrogen) atoms. The Morgan fingerprint density at radius 2 is 2.11 bits per heavy atom. The number of hydrogen-bond acceptors (Lipinski definition) is 6. The fourth-order valence-electron chi connectivity index (χ4n) is 4.46.